The topological polar surface area (TPSA) is 75.4 Å². The average Bonchev–Trinajstić information content (AvgIpc) is 2.11. The second-order valence-corrected chi connectivity index (χ2v) is 3.56. The molecule has 0 saturated heterocycles. The van der Waals surface area contributed by atoms with E-state index in [1.165, 1.54) is 0 Å². The maximum absolute atomic E-state index is 11.3. The van der Waals surface area contributed by atoms with E-state index in [9.17, 15) is 4.79 Å². The molecule has 0 rings (SSSR count). The van der Waals surface area contributed by atoms with Crippen molar-refractivity contribution < 1.29 is 9.90 Å². The first-order valence-corrected chi connectivity index (χ1v) is 4.69. The average molecular weight is 188 g/mol. The number of aliphatic hydroxyl groups excluding tert-OH is 1. The summed E-state index contributed by atoms with van der Waals surface area (Å²) in [6.07, 6.45) is 0.613. The van der Waals surface area contributed by atoms with Crippen molar-refractivity contribution in [3.63, 3.8) is 0 Å². The molecule has 0 aliphatic rings. The van der Waals surface area contributed by atoms with Gasteiger partial charge in [0.05, 0.1) is 18.7 Å². The number of hydrogen-bond donors (Lipinski definition) is 3. The van der Waals surface area contributed by atoms with Gasteiger partial charge >= 0.3 is 0 Å². The summed E-state index contributed by atoms with van der Waals surface area (Å²) in [4.78, 5) is 11.3. The Kier molecular flexibility index (Phi) is 5.66. The maximum atomic E-state index is 11.3. The second kappa shape index (κ2) is 5.94. The van der Waals surface area contributed by atoms with E-state index in [1.54, 1.807) is 0 Å². The summed E-state index contributed by atoms with van der Waals surface area (Å²) >= 11 is 0. The van der Waals surface area contributed by atoms with Crippen LogP contribution < -0.4 is 11.1 Å². The van der Waals surface area contributed by atoms with Gasteiger partial charge in [-0.05, 0) is 12.3 Å². The molecule has 1 unspecified atom stereocenters. The van der Waals surface area contributed by atoms with E-state index in [0.717, 1.165) is 0 Å². The minimum absolute atomic E-state index is 0.0418. The van der Waals surface area contributed by atoms with Crippen molar-refractivity contribution in [2.45, 2.75) is 39.3 Å². The monoisotopic (exact) mass is 188 g/mol. The van der Waals surface area contributed by atoms with Crippen LogP contribution in [0.5, 0.6) is 0 Å². The van der Waals surface area contributed by atoms with Crippen LogP contribution in [-0.4, -0.2) is 29.7 Å². The molecule has 0 aromatic carbocycles. The summed E-state index contributed by atoms with van der Waals surface area (Å²) in [5.41, 5.74) is 5.53. The predicted molar refractivity (Wildman–Crippen MR) is 52.1 cm³/mol. The zero-order valence-corrected chi connectivity index (χ0v) is 8.58. The molecular weight excluding hydrogens is 168 g/mol. The van der Waals surface area contributed by atoms with Crippen molar-refractivity contribution in [2.75, 3.05) is 6.61 Å². The number of carbonyl (C=O) groups excluding carboxylic acids is 1. The number of amides is 1. The highest BCUT2D eigenvalue weighted by molar-refractivity contribution is 5.81. The fourth-order valence-corrected chi connectivity index (χ4v) is 0.898. The number of carbonyl (C=O) groups is 1. The van der Waals surface area contributed by atoms with Gasteiger partial charge in [0.15, 0.2) is 0 Å². The Morgan fingerprint density at radius 1 is 1.54 bits per heavy atom. The summed E-state index contributed by atoms with van der Waals surface area (Å²) in [6.45, 7) is 5.70. The smallest absolute Gasteiger partial charge is 0.237 e. The second-order valence-electron chi connectivity index (χ2n) is 3.56. The summed E-state index contributed by atoms with van der Waals surface area (Å²) < 4.78 is 0. The highest BCUT2D eigenvalue weighted by Crippen LogP contribution is 2.00. The fourth-order valence-electron chi connectivity index (χ4n) is 0.898. The van der Waals surface area contributed by atoms with E-state index >= 15 is 0 Å². The molecule has 1 amide bonds. The SMILES string of the molecule is CC[C@@H](N)C(=O)NC(CO)C(C)C. The van der Waals surface area contributed by atoms with Gasteiger partial charge in [0.1, 0.15) is 0 Å². The van der Waals surface area contributed by atoms with E-state index in [-0.39, 0.29) is 24.5 Å². The van der Waals surface area contributed by atoms with Crippen LogP contribution in [0.4, 0.5) is 0 Å². The lowest BCUT2D eigenvalue weighted by Gasteiger charge is -2.21. The number of rotatable bonds is 5. The highest BCUT2D eigenvalue weighted by Gasteiger charge is 2.18. The Balaban J connectivity index is 4.01. The van der Waals surface area contributed by atoms with Gasteiger partial charge in [-0.15, -0.1) is 0 Å². The Labute approximate surface area is 79.5 Å². The molecule has 78 valence electrons. The normalized spacial score (nSPS) is 15.5. The summed E-state index contributed by atoms with van der Waals surface area (Å²) in [6, 6.07) is -0.655. The van der Waals surface area contributed by atoms with Crippen molar-refractivity contribution in [3.05, 3.63) is 0 Å². The van der Waals surface area contributed by atoms with Gasteiger partial charge in [-0.2, -0.15) is 0 Å². The minimum atomic E-state index is -0.465. The van der Waals surface area contributed by atoms with E-state index < -0.39 is 6.04 Å². The number of hydrogen-bond acceptors (Lipinski definition) is 3. The van der Waals surface area contributed by atoms with E-state index in [2.05, 4.69) is 5.32 Å². The lowest BCUT2D eigenvalue weighted by molar-refractivity contribution is -0.123. The van der Waals surface area contributed by atoms with Crippen molar-refractivity contribution in [3.8, 4) is 0 Å². The first-order chi connectivity index (χ1) is 6.02. The number of aliphatic hydroxyl groups is 1. The van der Waals surface area contributed by atoms with Crippen LogP contribution in [0.25, 0.3) is 0 Å². The van der Waals surface area contributed by atoms with Crippen LogP contribution in [-0.2, 0) is 4.79 Å². The first kappa shape index (κ1) is 12.4. The fraction of sp³-hybridized carbons (Fsp3) is 0.889. The van der Waals surface area contributed by atoms with Crippen LogP contribution in [0.2, 0.25) is 0 Å². The Morgan fingerprint density at radius 3 is 2.38 bits per heavy atom. The molecule has 0 bridgehead atoms. The first-order valence-electron chi connectivity index (χ1n) is 4.69. The van der Waals surface area contributed by atoms with Crippen LogP contribution in [0.15, 0.2) is 0 Å². The molecule has 0 saturated carbocycles. The third-order valence-electron chi connectivity index (χ3n) is 2.11. The minimum Gasteiger partial charge on any atom is -0.394 e. The van der Waals surface area contributed by atoms with Gasteiger partial charge in [0, 0.05) is 0 Å². The van der Waals surface area contributed by atoms with E-state index in [4.69, 9.17) is 10.8 Å². The van der Waals surface area contributed by atoms with Gasteiger partial charge in [0.25, 0.3) is 0 Å². The third-order valence-corrected chi connectivity index (χ3v) is 2.11. The van der Waals surface area contributed by atoms with Crippen LogP contribution in [0, 0.1) is 5.92 Å². The molecule has 0 fully saturated rings. The van der Waals surface area contributed by atoms with Crippen molar-refractivity contribution >= 4 is 5.91 Å². The summed E-state index contributed by atoms with van der Waals surface area (Å²) in [5, 5.41) is 11.6. The lowest BCUT2D eigenvalue weighted by atomic mass is 10.0. The summed E-state index contributed by atoms with van der Waals surface area (Å²) in [5.74, 6) is 0.0354. The lowest BCUT2D eigenvalue weighted by Crippen LogP contribution is -2.48. The number of nitrogens with one attached hydrogen (secondary N) is 1. The van der Waals surface area contributed by atoms with E-state index in [1.807, 2.05) is 20.8 Å². The molecule has 4 nitrogen and oxygen atoms in total. The molecule has 0 radical (unpaired) electrons. The van der Waals surface area contributed by atoms with Gasteiger partial charge in [-0.25, -0.2) is 0 Å². The van der Waals surface area contributed by atoms with Crippen LogP contribution in [0.3, 0.4) is 0 Å². The molecule has 0 aliphatic heterocycles. The van der Waals surface area contributed by atoms with Crippen molar-refractivity contribution in [2.24, 2.45) is 11.7 Å². The number of nitrogens with two attached hydrogens (primary N) is 1. The molecule has 0 spiro atoms. The zero-order chi connectivity index (χ0) is 10.4. The van der Waals surface area contributed by atoms with Gasteiger partial charge in [-0.3, -0.25) is 4.79 Å². The Hall–Kier alpha value is -0.610. The summed E-state index contributed by atoms with van der Waals surface area (Å²) in [7, 11) is 0. The van der Waals surface area contributed by atoms with Crippen LogP contribution in [0.1, 0.15) is 27.2 Å². The maximum Gasteiger partial charge on any atom is 0.237 e. The van der Waals surface area contributed by atoms with Crippen LogP contribution >= 0.6 is 0 Å². The van der Waals surface area contributed by atoms with E-state index in [0.29, 0.717) is 6.42 Å². The highest BCUT2D eigenvalue weighted by atomic mass is 16.3. The molecule has 2 atom stereocenters. The Bertz CT molecular complexity index is 160. The van der Waals surface area contributed by atoms with Crippen molar-refractivity contribution in [1.82, 2.24) is 5.32 Å². The standard InChI is InChI=1S/C9H20N2O2/c1-4-7(10)9(13)11-8(5-12)6(2)3/h6-8,12H,4-5,10H2,1-3H3,(H,11,13)/t7-,8?/m1/s1. The van der Waals surface area contributed by atoms with Gasteiger partial charge in [0.2, 0.25) is 5.91 Å². The predicted octanol–water partition coefficient (Wildman–Crippen LogP) is -0.143. The molecule has 0 aromatic heterocycles. The van der Waals surface area contributed by atoms with Gasteiger partial charge < -0.3 is 16.2 Å². The third kappa shape index (κ3) is 4.24. The molecular formula is C9H20N2O2. The molecule has 0 aliphatic carbocycles. The molecule has 4 N–H and O–H groups in total. The molecule has 13 heavy (non-hydrogen) atoms. The molecule has 0 aromatic rings. The zero-order valence-electron chi connectivity index (χ0n) is 8.58. The molecule has 4 heteroatoms. The largest absolute Gasteiger partial charge is 0.394 e. The quantitative estimate of drug-likeness (QED) is 0.562. The molecule has 0 heterocycles. The van der Waals surface area contributed by atoms with Gasteiger partial charge in [-0.1, -0.05) is 20.8 Å². The van der Waals surface area contributed by atoms with Crippen molar-refractivity contribution in [1.29, 1.82) is 0 Å². The Morgan fingerprint density at radius 2 is 2.08 bits per heavy atom.